The van der Waals surface area contributed by atoms with E-state index in [1.54, 1.807) is 0 Å². The van der Waals surface area contributed by atoms with E-state index >= 15 is 0 Å². The van der Waals surface area contributed by atoms with E-state index in [-0.39, 0.29) is 26.5 Å². The molecule has 0 N–H and O–H groups in total. The molecule has 3 aromatic heterocycles. The Morgan fingerprint density at radius 1 is 0.551 bits per heavy atom. The largest absolute Gasteiger partial charge is 0.509 e. The third-order valence-electron chi connectivity index (χ3n) is 15.5. The van der Waals surface area contributed by atoms with Gasteiger partial charge in [0.1, 0.15) is 11.6 Å². The number of hydrogen-bond donors (Lipinski definition) is 0. The normalized spacial score (nSPS) is 13.2. The molecule has 384 valence electrons. The minimum absolute atomic E-state index is 0. The summed E-state index contributed by atoms with van der Waals surface area (Å²) in [6, 6.07) is 78.7. The molecule has 9 aromatic carbocycles. The van der Waals surface area contributed by atoms with Gasteiger partial charge in [0, 0.05) is 91.0 Å². The molecule has 0 atom stereocenters. The van der Waals surface area contributed by atoms with Crippen molar-refractivity contribution in [2.45, 2.75) is 58.9 Å². The summed E-state index contributed by atoms with van der Waals surface area (Å²) in [4.78, 5) is 15.0. The fourth-order valence-electron chi connectivity index (χ4n) is 11.6. The summed E-state index contributed by atoms with van der Waals surface area (Å²) >= 11 is 0. The number of aromatic nitrogens is 4. The van der Waals surface area contributed by atoms with Crippen LogP contribution >= 0.6 is 0 Å². The van der Waals surface area contributed by atoms with Gasteiger partial charge >= 0.3 is 0 Å². The van der Waals surface area contributed by atoms with E-state index in [4.69, 9.17) is 14.7 Å². The molecule has 0 aliphatic carbocycles. The van der Waals surface area contributed by atoms with Gasteiger partial charge in [0.2, 0.25) is 0 Å². The molecule has 0 spiro atoms. The van der Waals surface area contributed by atoms with Crippen molar-refractivity contribution in [2.24, 2.45) is 0 Å². The average molecular weight is 1190 g/mol. The molecule has 0 amide bonds. The summed E-state index contributed by atoms with van der Waals surface area (Å²) in [6.07, 6.45) is 5.29. The molecule has 78 heavy (non-hydrogen) atoms. The van der Waals surface area contributed by atoms with Gasteiger partial charge in [-0.25, -0.2) is 9.97 Å². The van der Waals surface area contributed by atoms with E-state index in [1.165, 1.54) is 16.7 Å². The zero-order chi connectivity index (χ0) is 51.8. The first-order valence-corrected chi connectivity index (χ1v) is 26.7. The molecular formula is C70H55N6OPt-3. The number of imidazole rings is 1. The van der Waals surface area contributed by atoms with E-state index in [9.17, 15) is 0 Å². The van der Waals surface area contributed by atoms with E-state index in [1.807, 2.05) is 24.4 Å². The molecule has 14 rings (SSSR count). The smallest absolute Gasteiger partial charge is 0.135 e. The number of rotatable bonds is 9. The summed E-state index contributed by atoms with van der Waals surface area (Å²) in [5.74, 6) is 3.14. The topological polar surface area (TPSA) is 51.4 Å². The molecule has 0 bridgehead atoms. The predicted molar refractivity (Wildman–Crippen MR) is 316 cm³/mol. The second-order valence-electron chi connectivity index (χ2n) is 21.5. The van der Waals surface area contributed by atoms with Crippen LogP contribution in [-0.4, -0.2) is 19.1 Å². The molecule has 0 saturated carbocycles. The minimum Gasteiger partial charge on any atom is -0.509 e. The number of aryl methyl sites for hydroxylation is 3. The van der Waals surface area contributed by atoms with Gasteiger partial charge < -0.3 is 23.7 Å². The fraction of sp³-hybridized carbons (Fsp3) is 0.129. The average Bonchev–Trinajstić information content (AvgIpc) is 4.36. The third-order valence-corrected chi connectivity index (χ3v) is 15.5. The van der Waals surface area contributed by atoms with Crippen molar-refractivity contribution >= 4 is 55.6 Å². The second kappa shape index (κ2) is 19.8. The molecule has 0 unspecified atom stereocenters. The van der Waals surface area contributed by atoms with Crippen LogP contribution in [0.2, 0.25) is 0 Å². The van der Waals surface area contributed by atoms with Crippen molar-refractivity contribution in [3.63, 3.8) is 0 Å². The van der Waals surface area contributed by atoms with Gasteiger partial charge in [-0.3, -0.25) is 0 Å². The van der Waals surface area contributed by atoms with Crippen LogP contribution in [0.5, 0.6) is 11.5 Å². The fourth-order valence-corrected chi connectivity index (χ4v) is 11.6. The van der Waals surface area contributed by atoms with Crippen LogP contribution < -0.4 is 14.5 Å². The molecule has 8 heteroatoms. The molecule has 7 nitrogen and oxygen atoms in total. The van der Waals surface area contributed by atoms with Crippen molar-refractivity contribution in [3.8, 4) is 61.8 Å². The predicted octanol–water partition coefficient (Wildman–Crippen LogP) is 17.9. The summed E-state index contributed by atoms with van der Waals surface area (Å²) in [5, 5.41) is 2.23. The van der Waals surface area contributed by atoms with Gasteiger partial charge in [-0.15, -0.1) is 48.1 Å². The van der Waals surface area contributed by atoms with Crippen molar-refractivity contribution in [1.82, 2.24) is 19.1 Å². The molecular weight excluding hydrogens is 1140 g/mol. The van der Waals surface area contributed by atoms with Crippen LogP contribution in [-0.2, 0) is 39.4 Å². The van der Waals surface area contributed by atoms with Crippen LogP contribution in [0.4, 0.5) is 22.7 Å². The number of anilines is 4. The van der Waals surface area contributed by atoms with Crippen LogP contribution in [0.15, 0.2) is 206 Å². The van der Waals surface area contributed by atoms with Gasteiger partial charge in [-0.1, -0.05) is 172 Å². The van der Waals surface area contributed by atoms with Crippen LogP contribution in [0, 0.1) is 25.7 Å². The Balaban J connectivity index is 0.00000579. The standard InChI is InChI=1S/C70H55N6O.Pt/c1-46-38-68(71-44-60(46)51-31-29-48(30-32-51)47-18-8-5-9-19-47)76-62-36-33-52(70(2,3)4)39-59(62)58-35-34-55(41-63(58)76)77-54-25-16-24-53(40-54)74-45-75(66-43-64-61(42-65(66)74)72-67-28-14-15-37-73(64)67)69-56(49-20-10-6-11-21-49)26-17-27-57(69)50-22-12-7-13-23-50;/h5-13,16-27,29-36,38-39,42-45H,14-15,28,37H2,1-4H3;/q-3;. The van der Waals surface area contributed by atoms with E-state index in [0.717, 1.165) is 132 Å². The zero-order valence-electron chi connectivity index (χ0n) is 43.9. The van der Waals surface area contributed by atoms with Crippen LogP contribution in [0.25, 0.3) is 83.2 Å². The number of pyridine rings is 1. The number of fused-ring (bicyclic) bond motifs is 7. The maximum Gasteiger partial charge on any atom is 0.135 e. The molecule has 12 aromatic rings. The number of para-hydroxylation sites is 1. The molecule has 2 aliphatic rings. The van der Waals surface area contributed by atoms with Gasteiger partial charge in [0.25, 0.3) is 0 Å². The van der Waals surface area contributed by atoms with Crippen molar-refractivity contribution in [2.75, 3.05) is 9.80 Å². The van der Waals surface area contributed by atoms with Gasteiger partial charge in [-0.2, -0.15) is 12.1 Å². The maximum absolute atomic E-state index is 6.86. The SMILES string of the molecule is Cc1cc(-n2c3[c-]c(Oc4[c-]c(N5[CH-]N(c6c(-c7ccccc7)cccc6-c6ccccc6)c6cc7c(cc65)nc5n7CCCC5)ccc4)ccc3c3cc(C(C)(C)C)ccc32)ncc1-c1ccc(-c2ccccc2)cc1.[Pt]. The number of hydrogen-bond acceptors (Lipinski definition) is 5. The summed E-state index contributed by atoms with van der Waals surface area (Å²) in [7, 11) is 0. The first kappa shape index (κ1) is 49.1. The first-order chi connectivity index (χ1) is 37.7. The Kier molecular flexibility index (Phi) is 12.5. The Hall–Kier alpha value is -8.51. The quantitative estimate of drug-likeness (QED) is 0.135. The monoisotopic (exact) mass is 1190 g/mol. The Morgan fingerprint density at radius 3 is 1.90 bits per heavy atom. The maximum atomic E-state index is 6.86. The first-order valence-electron chi connectivity index (χ1n) is 26.7. The summed E-state index contributed by atoms with van der Waals surface area (Å²) < 4.78 is 11.5. The molecule has 2 aliphatic heterocycles. The molecule has 0 radical (unpaired) electrons. The van der Waals surface area contributed by atoms with E-state index in [0.29, 0.717) is 11.5 Å². The second-order valence-corrected chi connectivity index (χ2v) is 21.5. The van der Waals surface area contributed by atoms with Gasteiger partial charge in [0.15, 0.2) is 0 Å². The number of benzene rings is 9. The van der Waals surface area contributed by atoms with Crippen molar-refractivity contribution in [1.29, 1.82) is 0 Å². The molecule has 5 heterocycles. The minimum atomic E-state index is -0.0351. The number of ether oxygens (including phenoxy) is 1. The molecule has 0 saturated heterocycles. The summed E-state index contributed by atoms with van der Waals surface area (Å²) in [5.41, 5.74) is 19.7. The van der Waals surface area contributed by atoms with Crippen molar-refractivity contribution < 1.29 is 25.8 Å². The van der Waals surface area contributed by atoms with Gasteiger partial charge in [-0.05, 0) is 93.8 Å². The third kappa shape index (κ3) is 8.67. The van der Waals surface area contributed by atoms with Gasteiger partial charge in [0.05, 0.1) is 11.0 Å². The zero-order valence-corrected chi connectivity index (χ0v) is 46.2. The van der Waals surface area contributed by atoms with Crippen molar-refractivity contribution in [3.05, 3.63) is 242 Å². The van der Waals surface area contributed by atoms with Crippen LogP contribution in [0.1, 0.15) is 50.6 Å². The van der Waals surface area contributed by atoms with Crippen LogP contribution in [0.3, 0.4) is 0 Å². The Bertz CT molecular complexity index is 4160. The van der Waals surface area contributed by atoms with E-state index in [2.05, 4.69) is 247 Å². The Morgan fingerprint density at radius 2 is 1.19 bits per heavy atom. The van der Waals surface area contributed by atoms with E-state index < -0.39 is 0 Å². The number of nitrogens with zero attached hydrogens (tertiary/aromatic N) is 6. The molecule has 0 fully saturated rings. The summed E-state index contributed by atoms with van der Waals surface area (Å²) in [6.45, 7) is 12.1. The Labute approximate surface area is 470 Å².